The largest absolute Gasteiger partial charge is 0.309 e. The lowest BCUT2D eigenvalue weighted by Gasteiger charge is -2.23. The Bertz CT molecular complexity index is 1540. The molecule has 0 fully saturated rings. The SMILES string of the molecule is CCCCN(CC(=O)Nc1cc(-c2ccccc2)nn1-c1ccc(F)cc1)S(=O)(=O)c1ccc(C(C)(C)C)cc1. The van der Waals surface area contributed by atoms with Crippen molar-refractivity contribution in [3.05, 3.63) is 96.3 Å². The summed E-state index contributed by atoms with van der Waals surface area (Å²) < 4.78 is 43.5. The van der Waals surface area contributed by atoms with Crippen molar-refractivity contribution in [3.63, 3.8) is 0 Å². The maximum absolute atomic E-state index is 13.6. The topological polar surface area (TPSA) is 84.3 Å². The molecular formula is C31H35FN4O3S. The van der Waals surface area contributed by atoms with Crippen LogP contribution in [0.3, 0.4) is 0 Å². The zero-order valence-electron chi connectivity index (χ0n) is 23.3. The van der Waals surface area contributed by atoms with Crippen LogP contribution in [0.25, 0.3) is 16.9 Å². The monoisotopic (exact) mass is 562 g/mol. The van der Waals surface area contributed by atoms with E-state index in [1.807, 2.05) is 49.4 Å². The number of sulfonamides is 1. The highest BCUT2D eigenvalue weighted by atomic mass is 32.2. The van der Waals surface area contributed by atoms with Gasteiger partial charge in [-0.2, -0.15) is 9.40 Å². The molecule has 0 aliphatic heterocycles. The average molecular weight is 563 g/mol. The maximum Gasteiger partial charge on any atom is 0.243 e. The van der Waals surface area contributed by atoms with Gasteiger partial charge in [-0.1, -0.05) is 76.6 Å². The number of nitrogens with zero attached hydrogens (tertiary/aromatic N) is 3. The van der Waals surface area contributed by atoms with Gasteiger partial charge in [-0.3, -0.25) is 4.79 Å². The van der Waals surface area contributed by atoms with Gasteiger partial charge in [0, 0.05) is 18.2 Å². The second-order valence-electron chi connectivity index (χ2n) is 10.7. The lowest BCUT2D eigenvalue weighted by atomic mass is 9.87. The number of rotatable bonds is 10. The van der Waals surface area contributed by atoms with Gasteiger partial charge < -0.3 is 5.32 Å². The molecule has 0 bridgehead atoms. The number of halogens is 1. The van der Waals surface area contributed by atoms with Crippen molar-refractivity contribution >= 4 is 21.7 Å². The number of nitrogens with one attached hydrogen (secondary N) is 1. The fourth-order valence-electron chi connectivity index (χ4n) is 4.24. The Labute approximate surface area is 235 Å². The van der Waals surface area contributed by atoms with Gasteiger partial charge in [0.15, 0.2) is 0 Å². The lowest BCUT2D eigenvalue weighted by Crippen LogP contribution is -2.39. The second kappa shape index (κ2) is 12.1. The summed E-state index contributed by atoms with van der Waals surface area (Å²) >= 11 is 0. The third kappa shape index (κ3) is 6.84. The van der Waals surface area contributed by atoms with E-state index in [1.54, 1.807) is 30.3 Å². The van der Waals surface area contributed by atoms with Crippen molar-refractivity contribution in [1.29, 1.82) is 0 Å². The Morgan fingerprint density at radius 2 is 1.62 bits per heavy atom. The third-order valence-corrected chi connectivity index (χ3v) is 8.42. The van der Waals surface area contributed by atoms with Crippen molar-refractivity contribution in [2.45, 2.75) is 50.8 Å². The molecule has 210 valence electrons. The van der Waals surface area contributed by atoms with Crippen LogP contribution in [0.15, 0.2) is 89.8 Å². The molecule has 0 radical (unpaired) electrons. The standard InChI is InChI=1S/C31H35FN4O3S/c1-5-6-20-35(40(38,39)27-18-12-24(13-19-27)31(2,3)4)22-30(37)33-29-21-28(23-10-8-7-9-11-23)34-36(29)26-16-14-25(32)15-17-26/h7-19,21H,5-6,20,22H2,1-4H3,(H,33,37). The summed E-state index contributed by atoms with van der Waals surface area (Å²) in [6.07, 6.45) is 1.38. The Morgan fingerprint density at radius 1 is 0.975 bits per heavy atom. The minimum atomic E-state index is -3.92. The molecule has 9 heteroatoms. The molecule has 0 aliphatic rings. The summed E-state index contributed by atoms with van der Waals surface area (Å²) in [5.41, 5.74) is 2.90. The predicted octanol–water partition coefficient (Wildman–Crippen LogP) is 6.41. The Morgan fingerprint density at radius 3 is 2.23 bits per heavy atom. The van der Waals surface area contributed by atoms with E-state index in [4.69, 9.17) is 0 Å². The highest BCUT2D eigenvalue weighted by Gasteiger charge is 2.27. The van der Waals surface area contributed by atoms with Crippen LogP contribution in [0, 0.1) is 5.82 Å². The van der Waals surface area contributed by atoms with E-state index >= 15 is 0 Å². The minimum Gasteiger partial charge on any atom is -0.309 e. The highest BCUT2D eigenvalue weighted by Crippen LogP contribution is 2.27. The number of benzene rings is 3. The van der Waals surface area contributed by atoms with Crippen LogP contribution in [-0.2, 0) is 20.2 Å². The second-order valence-corrected chi connectivity index (χ2v) is 12.6. The van der Waals surface area contributed by atoms with E-state index in [2.05, 4.69) is 31.2 Å². The molecule has 3 aromatic carbocycles. The van der Waals surface area contributed by atoms with E-state index in [-0.39, 0.29) is 23.4 Å². The number of hydrogen-bond donors (Lipinski definition) is 1. The highest BCUT2D eigenvalue weighted by molar-refractivity contribution is 7.89. The summed E-state index contributed by atoms with van der Waals surface area (Å²) in [6.45, 7) is 8.00. The number of unbranched alkanes of at least 4 members (excludes halogenated alkanes) is 1. The molecule has 1 heterocycles. The first kappa shape index (κ1) is 29.2. The first-order valence-electron chi connectivity index (χ1n) is 13.3. The fraction of sp³-hybridized carbons (Fsp3) is 0.290. The number of anilines is 1. The Kier molecular flexibility index (Phi) is 8.85. The minimum absolute atomic E-state index is 0.115. The van der Waals surface area contributed by atoms with Crippen LogP contribution >= 0.6 is 0 Å². The van der Waals surface area contributed by atoms with Gasteiger partial charge in [0.05, 0.1) is 22.8 Å². The number of amides is 1. The first-order chi connectivity index (χ1) is 19.0. The van der Waals surface area contributed by atoms with Crippen molar-refractivity contribution < 1.29 is 17.6 Å². The molecule has 0 aliphatic carbocycles. The quantitative estimate of drug-likeness (QED) is 0.242. The zero-order valence-corrected chi connectivity index (χ0v) is 24.1. The van der Waals surface area contributed by atoms with Gasteiger partial charge in [0.1, 0.15) is 11.6 Å². The van der Waals surface area contributed by atoms with E-state index in [0.29, 0.717) is 23.6 Å². The molecule has 4 aromatic rings. The number of carbonyl (C=O) groups excluding carboxylic acids is 1. The molecular weight excluding hydrogens is 527 g/mol. The molecule has 40 heavy (non-hydrogen) atoms. The third-order valence-electron chi connectivity index (χ3n) is 6.56. The predicted molar refractivity (Wildman–Crippen MR) is 156 cm³/mol. The van der Waals surface area contributed by atoms with Gasteiger partial charge in [-0.25, -0.2) is 17.5 Å². The molecule has 0 atom stereocenters. The molecule has 0 saturated heterocycles. The van der Waals surface area contributed by atoms with Crippen LogP contribution in [0.2, 0.25) is 0 Å². The normalized spacial score (nSPS) is 12.1. The number of hydrogen-bond acceptors (Lipinski definition) is 4. The summed E-state index contributed by atoms with van der Waals surface area (Å²) in [4.78, 5) is 13.5. The van der Waals surface area contributed by atoms with Crippen LogP contribution in [-0.4, -0.2) is 41.5 Å². The summed E-state index contributed by atoms with van der Waals surface area (Å²) in [6, 6.07) is 23.8. The van der Waals surface area contributed by atoms with E-state index in [0.717, 1.165) is 17.5 Å². The lowest BCUT2D eigenvalue weighted by molar-refractivity contribution is -0.116. The summed E-state index contributed by atoms with van der Waals surface area (Å²) in [5, 5.41) is 7.47. The maximum atomic E-state index is 13.6. The molecule has 1 aromatic heterocycles. The van der Waals surface area contributed by atoms with Gasteiger partial charge in [-0.05, 0) is 53.8 Å². The van der Waals surface area contributed by atoms with Crippen molar-refractivity contribution in [3.8, 4) is 16.9 Å². The van der Waals surface area contributed by atoms with E-state index in [9.17, 15) is 17.6 Å². The fourth-order valence-corrected chi connectivity index (χ4v) is 5.67. The van der Waals surface area contributed by atoms with Gasteiger partial charge in [-0.15, -0.1) is 0 Å². The van der Waals surface area contributed by atoms with E-state index < -0.39 is 21.7 Å². The molecule has 0 spiro atoms. The zero-order chi connectivity index (χ0) is 28.9. The van der Waals surface area contributed by atoms with Crippen LogP contribution in [0.1, 0.15) is 46.1 Å². The van der Waals surface area contributed by atoms with Crippen LogP contribution < -0.4 is 5.32 Å². The van der Waals surface area contributed by atoms with Crippen molar-refractivity contribution in [2.24, 2.45) is 0 Å². The molecule has 0 unspecified atom stereocenters. The van der Waals surface area contributed by atoms with Gasteiger partial charge in [0.2, 0.25) is 15.9 Å². The van der Waals surface area contributed by atoms with Crippen LogP contribution in [0.4, 0.5) is 10.2 Å². The van der Waals surface area contributed by atoms with Gasteiger partial charge >= 0.3 is 0 Å². The van der Waals surface area contributed by atoms with Crippen LogP contribution in [0.5, 0.6) is 0 Å². The Hall–Kier alpha value is -3.82. The Balaban J connectivity index is 1.62. The number of aromatic nitrogens is 2. The summed E-state index contributed by atoms with van der Waals surface area (Å²) in [5.74, 6) is -0.552. The molecule has 0 saturated carbocycles. The molecule has 7 nitrogen and oxygen atoms in total. The van der Waals surface area contributed by atoms with Crippen molar-refractivity contribution in [2.75, 3.05) is 18.4 Å². The molecule has 4 rings (SSSR count). The van der Waals surface area contributed by atoms with Gasteiger partial charge in [0.25, 0.3) is 0 Å². The molecule has 1 N–H and O–H groups in total. The first-order valence-corrected chi connectivity index (χ1v) is 14.7. The smallest absolute Gasteiger partial charge is 0.243 e. The summed E-state index contributed by atoms with van der Waals surface area (Å²) in [7, 11) is -3.92. The molecule has 1 amide bonds. The average Bonchev–Trinajstić information content (AvgIpc) is 3.35. The van der Waals surface area contributed by atoms with E-state index in [1.165, 1.54) is 21.1 Å². The van der Waals surface area contributed by atoms with Crippen molar-refractivity contribution in [1.82, 2.24) is 14.1 Å². The number of carbonyl (C=O) groups is 1.